The van der Waals surface area contributed by atoms with Crippen LogP contribution in [0.2, 0.25) is 0 Å². The molecule has 2 rings (SSSR count). The van der Waals surface area contributed by atoms with Gasteiger partial charge in [0.2, 0.25) is 0 Å². The van der Waals surface area contributed by atoms with Gasteiger partial charge in [0.15, 0.2) is 0 Å². The molecule has 2 aromatic rings. The fraction of sp³-hybridized carbons (Fsp3) is 0.214. The molecule has 0 atom stereocenters. The third-order valence-electron chi connectivity index (χ3n) is 2.83. The van der Waals surface area contributed by atoms with E-state index >= 15 is 0 Å². The average Bonchev–Trinajstić information content (AvgIpc) is 2.99. The Balaban J connectivity index is 1.83. The van der Waals surface area contributed by atoms with Gasteiger partial charge in [0, 0.05) is 31.3 Å². The lowest BCUT2D eigenvalue weighted by molar-refractivity contribution is -0.115. The Kier molecular flexibility index (Phi) is 4.88. The van der Waals surface area contributed by atoms with Crippen molar-refractivity contribution in [1.82, 2.24) is 15.3 Å². The van der Waals surface area contributed by atoms with Gasteiger partial charge in [0.1, 0.15) is 5.71 Å². The van der Waals surface area contributed by atoms with Crippen LogP contribution in [-0.2, 0) is 17.6 Å². The second-order valence-electron chi connectivity index (χ2n) is 4.29. The second kappa shape index (κ2) is 7.08. The summed E-state index contributed by atoms with van der Waals surface area (Å²) in [6, 6.07) is 9.40. The Hall–Kier alpha value is -2.63. The summed E-state index contributed by atoms with van der Waals surface area (Å²) in [5.74, 6) is -0.365. The fourth-order valence-electron chi connectivity index (χ4n) is 1.78. The van der Waals surface area contributed by atoms with E-state index in [0.29, 0.717) is 19.4 Å². The van der Waals surface area contributed by atoms with Crippen molar-refractivity contribution >= 4 is 11.6 Å². The highest BCUT2D eigenvalue weighted by Crippen LogP contribution is 2.01. The van der Waals surface area contributed by atoms with Crippen LogP contribution in [-0.4, -0.2) is 33.3 Å². The molecule has 1 heterocycles. The van der Waals surface area contributed by atoms with E-state index in [0.717, 1.165) is 11.3 Å². The second-order valence-corrected chi connectivity index (χ2v) is 4.29. The van der Waals surface area contributed by atoms with Gasteiger partial charge in [0.25, 0.3) is 5.91 Å². The average molecular weight is 272 g/mol. The Labute approximate surface area is 116 Å². The van der Waals surface area contributed by atoms with E-state index in [-0.39, 0.29) is 11.6 Å². The number of hydrogen-bond donors (Lipinski definition) is 3. The van der Waals surface area contributed by atoms with Gasteiger partial charge in [0.05, 0.1) is 6.33 Å². The van der Waals surface area contributed by atoms with Crippen molar-refractivity contribution in [1.29, 1.82) is 0 Å². The summed E-state index contributed by atoms with van der Waals surface area (Å²) < 4.78 is 0. The molecule has 0 unspecified atom stereocenters. The molecule has 1 amide bonds. The van der Waals surface area contributed by atoms with Crippen molar-refractivity contribution in [2.75, 3.05) is 6.54 Å². The highest BCUT2D eigenvalue weighted by atomic mass is 16.4. The fourth-order valence-corrected chi connectivity index (χ4v) is 1.78. The van der Waals surface area contributed by atoms with Gasteiger partial charge in [-0.3, -0.25) is 4.79 Å². The molecule has 20 heavy (non-hydrogen) atoms. The lowest BCUT2D eigenvalue weighted by Gasteiger charge is -2.06. The Morgan fingerprint density at radius 1 is 1.35 bits per heavy atom. The van der Waals surface area contributed by atoms with E-state index in [1.807, 2.05) is 30.3 Å². The van der Waals surface area contributed by atoms with E-state index in [1.165, 1.54) is 0 Å². The van der Waals surface area contributed by atoms with Gasteiger partial charge in [-0.05, 0) is 5.56 Å². The number of imidazole rings is 1. The summed E-state index contributed by atoms with van der Waals surface area (Å²) in [6.45, 7) is 0.453. The molecule has 0 aliphatic heterocycles. The molecular weight excluding hydrogens is 256 g/mol. The summed E-state index contributed by atoms with van der Waals surface area (Å²) >= 11 is 0. The van der Waals surface area contributed by atoms with Crippen molar-refractivity contribution in [2.45, 2.75) is 12.8 Å². The summed E-state index contributed by atoms with van der Waals surface area (Å²) in [4.78, 5) is 18.7. The molecule has 1 aromatic heterocycles. The van der Waals surface area contributed by atoms with Crippen LogP contribution in [0.15, 0.2) is 48.0 Å². The van der Waals surface area contributed by atoms with Gasteiger partial charge in [-0.15, -0.1) is 0 Å². The minimum atomic E-state index is -0.365. The molecule has 0 saturated heterocycles. The minimum Gasteiger partial charge on any atom is -0.410 e. The van der Waals surface area contributed by atoms with Crippen LogP contribution in [0.5, 0.6) is 0 Å². The maximum atomic E-state index is 11.9. The van der Waals surface area contributed by atoms with E-state index < -0.39 is 0 Å². The Bertz CT molecular complexity index is 564. The summed E-state index contributed by atoms with van der Waals surface area (Å²) in [5.41, 5.74) is 1.96. The molecule has 104 valence electrons. The van der Waals surface area contributed by atoms with Gasteiger partial charge < -0.3 is 15.5 Å². The molecule has 0 aliphatic rings. The molecule has 6 nitrogen and oxygen atoms in total. The van der Waals surface area contributed by atoms with Crippen molar-refractivity contribution in [3.05, 3.63) is 54.1 Å². The molecule has 0 fully saturated rings. The van der Waals surface area contributed by atoms with Crippen molar-refractivity contribution in [3.63, 3.8) is 0 Å². The smallest absolute Gasteiger partial charge is 0.269 e. The maximum absolute atomic E-state index is 11.9. The number of amides is 1. The predicted molar refractivity (Wildman–Crippen MR) is 74.7 cm³/mol. The molecular formula is C14H16N4O2. The van der Waals surface area contributed by atoms with Crippen LogP contribution < -0.4 is 5.32 Å². The van der Waals surface area contributed by atoms with Crippen LogP contribution >= 0.6 is 0 Å². The SMILES string of the molecule is O=C(NCCc1cnc[nH]1)/C(Cc1ccccc1)=N\O. The lowest BCUT2D eigenvalue weighted by atomic mass is 10.1. The standard InChI is InChI=1S/C14H16N4O2/c19-14(16-7-6-12-9-15-10-17-12)13(18-20)8-11-4-2-1-3-5-11/h1-5,9-10,20H,6-8H2,(H,15,17)(H,16,19)/b18-13-. The van der Waals surface area contributed by atoms with Crippen LogP contribution in [0, 0.1) is 0 Å². The molecule has 0 radical (unpaired) electrons. The van der Waals surface area contributed by atoms with Crippen molar-refractivity contribution in [3.8, 4) is 0 Å². The summed E-state index contributed by atoms with van der Waals surface area (Å²) in [7, 11) is 0. The number of aromatic nitrogens is 2. The number of rotatable bonds is 6. The zero-order valence-electron chi connectivity index (χ0n) is 10.9. The zero-order valence-corrected chi connectivity index (χ0v) is 10.9. The molecule has 0 saturated carbocycles. The Morgan fingerprint density at radius 3 is 2.80 bits per heavy atom. The van der Waals surface area contributed by atoms with Gasteiger partial charge in [-0.25, -0.2) is 4.98 Å². The summed E-state index contributed by atoms with van der Waals surface area (Å²) in [5, 5.41) is 14.8. The molecule has 1 aromatic carbocycles. The first kappa shape index (κ1) is 13.8. The molecule has 3 N–H and O–H groups in total. The van der Waals surface area contributed by atoms with Gasteiger partial charge in [-0.2, -0.15) is 0 Å². The number of carbonyl (C=O) groups is 1. The first-order valence-electron chi connectivity index (χ1n) is 6.30. The largest absolute Gasteiger partial charge is 0.410 e. The number of carbonyl (C=O) groups excluding carboxylic acids is 1. The highest BCUT2D eigenvalue weighted by molar-refractivity contribution is 6.39. The molecule has 6 heteroatoms. The molecule has 0 bridgehead atoms. The van der Waals surface area contributed by atoms with E-state index in [4.69, 9.17) is 5.21 Å². The van der Waals surface area contributed by atoms with Crippen LogP contribution in [0.1, 0.15) is 11.3 Å². The number of nitrogens with one attached hydrogen (secondary N) is 2. The number of aromatic amines is 1. The molecule has 0 spiro atoms. The van der Waals surface area contributed by atoms with E-state index in [1.54, 1.807) is 12.5 Å². The number of nitrogens with zero attached hydrogens (tertiary/aromatic N) is 2. The van der Waals surface area contributed by atoms with E-state index in [2.05, 4.69) is 20.4 Å². The first-order chi connectivity index (χ1) is 9.79. The van der Waals surface area contributed by atoms with Gasteiger partial charge >= 0.3 is 0 Å². The first-order valence-corrected chi connectivity index (χ1v) is 6.30. The topological polar surface area (TPSA) is 90.4 Å². The third kappa shape index (κ3) is 3.94. The van der Waals surface area contributed by atoms with E-state index in [9.17, 15) is 4.79 Å². The van der Waals surface area contributed by atoms with Crippen LogP contribution in [0.3, 0.4) is 0 Å². The van der Waals surface area contributed by atoms with Crippen molar-refractivity contribution in [2.24, 2.45) is 5.16 Å². The van der Waals surface area contributed by atoms with Crippen LogP contribution in [0.25, 0.3) is 0 Å². The number of benzene rings is 1. The van der Waals surface area contributed by atoms with Crippen LogP contribution in [0.4, 0.5) is 0 Å². The highest BCUT2D eigenvalue weighted by Gasteiger charge is 2.12. The third-order valence-corrected chi connectivity index (χ3v) is 2.83. The van der Waals surface area contributed by atoms with Crippen molar-refractivity contribution < 1.29 is 10.0 Å². The normalized spacial score (nSPS) is 11.3. The summed E-state index contributed by atoms with van der Waals surface area (Å²) in [6.07, 6.45) is 4.24. The number of H-pyrrole nitrogens is 1. The van der Waals surface area contributed by atoms with Gasteiger partial charge in [-0.1, -0.05) is 35.5 Å². The zero-order chi connectivity index (χ0) is 14.2. The molecule has 0 aliphatic carbocycles. The minimum absolute atomic E-state index is 0.0980. The number of oxime groups is 1. The lowest BCUT2D eigenvalue weighted by Crippen LogP contribution is -2.33. The monoisotopic (exact) mass is 272 g/mol. The quantitative estimate of drug-likeness (QED) is 0.418. The maximum Gasteiger partial charge on any atom is 0.269 e. The number of hydrogen-bond acceptors (Lipinski definition) is 4. The Morgan fingerprint density at radius 2 is 2.15 bits per heavy atom. The predicted octanol–water partition coefficient (Wildman–Crippen LogP) is 1.14.